The molecular weight excluding hydrogens is 228 g/mol. The molecule has 2 N–H and O–H groups in total. The number of hydrogen-bond donors (Lipinski definition) is 2. The lowest BCUT2D eigenvalue weighted by molar-refractivity contribution is 0.0465. The molecule has 0 bridgehead atoms. The van der Waals surface area contributed by atoms with Gasteiger partial charge in [0, 0.05) is 19.6 Å². The van der Waals surface area contributed by atoms with E-state index in [2.05, 4.69) is 5.32 Å². The van der Waals surface area contributed by atoms with Gasteiger partial charge in [0.05, 0.1) is 11.4 Å². The molecule has 0 spiro atoms. The molecule has 0 amide bonds. The van der Waals surface area contributed by atoms with Crippen LogP contribution in [0.15, 0.2) is 0 Å². The van der Waals surface area contributed by atoms with Crippen LogP contribution in [0.25, 0.3) is 0 Å². The van der Waals surface area contributed by atoms with Crippen LogP contribution in [-0.2, 0) is 10.0 Å². The van der Waals surface area contributed by atoms with Gasteiger partial charge in [-0.3, -0.25) is 0 Å². The topological polar surface area (TPSA) is 69.6 Å². The zero-order chi connectivity index (χ0) is 12.2. The molecule has 1 aliphatic heterocycles. The first-order valence-electron chi connectivity index (χ1n) is 5.72. The van der Waals surface area contributed by atoms with Crippen molar-refractivity contribution in [2.45, 2.75) is 31.8 Å². The van der Waals surface area contributed by atoms with Gasteiger partial charge in [-0.15, -0.1) is 0 Å². The monoisotopic (exact) mass is 250 g/mol. The van der Waals surface area contributed by atoms with E-state index in [-0.39, 0.29) is 5.75 Å². The summed E-state index contributed by atoms with van der Waals surface area (Å²) in [6.07, 6.45) is 1.92. The minimum absolute atomic E-state index is 0.131. The molecule has 1 aliphatic rings. The van der Waals surface area contributed by atoms with E-state index in [9.17, 15) is 13.5 Å². The van der Waals surface area contributed by atoms with E-state index in [4.69, 9.17) is 0 Å². The van der Waals surface area contributed by atoms with Gasteiger partial charge in [-0.2, -0.15) is 0 Å². The molecule has 0 radical (unpaired) electrons. The van der Waals surface area contributed by atoms with E-state index in [0.717, 1.165) is 6.42 Å². The quantitative estimate of drug-likeness (QED) is 0.723. The molecule has 1 rings (SSSR count). The highest BCUT2D eigenvalue weighted by Gasteiger charge is 2.29. The average Bonchev–Trinajstić information content (AvgIpc) is 2.36. The van der Waals surface area contributed by atoms with E-state index in [1.54, 1.807) is 14.0 Å². The maximum atomic E-state index is 11.9. The summed E-state index contributed by atoms with van der Waals surface area (Å²) in [4.78, 5) is 0. The highest BCUT2D eigenvalue weighted by molar-refractivity contribution is 7.89. The van der Waals surface area contributed by atoms with Gasteiger partial charge >= 0.3 is 0 Å². The Labute approximate surface area is 97.9 Å². The summed E-state index contributed by atoms with van der Waals surface area (Å²) in [5.41, 5.74) is -0.715. The Morgan fingerprint density at radius 1 is 1.38 bits per heavy atom. The van der Waals surface area contributed by atoms with Gasteiger partial charge in [-0.1, -0.05) is 0 Å². The van der Waals surface area contributed by atoms with Crippen molar-refractivity contribution in [3.8, 4) is 0 Å². The van der Waals surface area contributed by atoms with Crippen LogP contribution < -0.4 is 5.32 Å². The largest absolute Gasteiger partial charge is 0.390 e. The number of aliphatic hydroxyl groups is 1. The third-order valence-corrected chi connectivity index (χ3v) is 4.90. The van der Waals surface area contributed by atoms with Crippen molar-refractivity contribution >= 4 is 10.0 Å². The lowest BCUT2D eigenvalue weighted by Gasteiger charge is -2.22. The maximum absolute atomic E-state index is 11.9. The van der Waals surface area contributed by atoms with Crippen molar-refractivity contribution in [3.05, 3.63) is 0 Å². The predicted octanol–water partition coefficient (Wildman–Crippen LogP) is -0.227. The van der Waals surface area contributed by atoms with Gasteiger partial charge in [0.15, 0.2) is 0 Å². The molecule has 0 aromatic rings. The van der Waals surface area contributed by atoms with Crippen molar-refractivity contribution in [2.75, 3.05) is 32.4 Å². The number of rotatable bonds is 4. The fourth-order valence-corrected chi connectivity index (χ4v) is 3.37. The molecule has 1 saturated heterocycles. The lowest BCUT2D eigenvalue weighted by atomic mass is 9.98. The van der Waals surface area contributed by atoms with E-state index in [1.807, 2.05) is 0 Å². The van der Waals surface area contributed by atoms with Crippen molar-refractivity contribution < 1.29 is 13.5 Å². The van der Waals surface area contributed by atoms with Crippen molar-refractivity contribution in [1.82, 2.24) is 9.62 Å². The van der Waals surface area contributed by atoms with Gasteiger partial charge < -0.3 is 10.4 Å². The van der Waals surface area contributed by atoms with E-state index in [0.29, 0.717) is 32.5 Å². The molecule has 0 aromatic carbocycles. The highest BCUT2D eigenvalue weighted by atomic mass is 32.2. The molecule has 6 heteroatoms. The van der Waals surface area contributed by atoms with E-state index >= 15 is 0 Å². The first kappa shape index (κ1) is 13.9. The summed E-state index contributed by atoms with van der Waals surface area (Å²) in [7, 11) is -1.42. The van der Waals surface area contributed by atoms with Crippen LogP contribution in [-0.4, -0.2) is 55.9 Å². The molecule has 1 heterocycles. The van der Waals surface area contributed by atoms with Crippen LogP contribution in [0, 0.1) is 0 Å². The molecule has 0 aromatic heterocycles. The molecule has 0 aliphatic carbocycles. The Morgan fingerprint density at radius 3 is 2.69 bits per heavy atom. The first-order valence-corrected chi connectivity index (χ1v) is 7.33. The maximum Gasteiger partial charge on any atom is 0.215 e. The standard InChI is InChI=1S/C10H22N2O3S/c1-10(13)4-3-7-12(8-5-10)16(14,15)9-6-11-2/h11,13H,3-9H2,1-2H3. The van der Waals surface area contributed by atoms with Crippen LogP contribution >= 0.6 is 0 Å². The smallest absolute Gasteiger partial charge is 0.215 e. The van der Waals surface area contributed by atoms with Crippen LogP contribution in [0.4, 0.5) is 0 Å². The molecule has 16 heavy (non-hydrogen) atoms. The Balaban J connectivity index is 2.60. The SMILES string of the molecule is CNCCS(=O)(=O)N1CCCC(C)(O)CC1. The number of nitrogens with one attached hydrogen (secondary N) is 1. The second kappa shape index (κ2) is 5.44. The third-order valence-electron chi connectivity index (χ3n) is 3.03. The second-order valence-electron chi connectivity index (χ2n) is 4.67. The molecule has 1 unspecified atom stereocenters. The van der Waals surface area contributed by atoms with Crippen molar-refractivity contribution in [3.63, 3.8) is 0 Å². The minimum atomic E-state index is -3.16. The molecule has 1 fully saturated rings. The number of nitrogens with zero attached hydrogens (tertiary/aromatic N) is 1. The Bertz CT molecular complexity index is 314. The lowest BCUT2D eigenvalue weighted by Crippen LogP contribution is -2.37. The molecule has 0 saturated carbocycles. The van der Waals surface area contributed by atoms with Crippen molar-refractivity contribution in [2.24, 2.45) is 0 Å². The molecule has 5 nitrogen and oxygen atoms in total. The molecular formula is C10H22N2O3S. The number of sulfonamides is 1. The van der Waals surface area contributed by atoms with Crippen LogP contribution in [0.5, 0.6) is 0 Å². The summed E-state index contributed by atoms with van der Waals surface area (Å²) < 4.78 is 25.3. The average molecular weight is 250 g/mol. The number of hydrogen-bond acceptors (Lipinski definition) is 4. The van der Waals surface area contributed by atoms with Crippen LogP contribution in [0.1, 0.15) is 26.2 Å². The van der Waals surface area contributed by atoms with Crippen LogP contribution in [0.3, 0.4) is 0 Å². The summed E-state index contributed by atoms with van der Waals surface area (Å²) in [6, 6.07) is 0. The minimum Gasteiger partial charge on any atom is -0.390 e. The second-order valence-corrected chi connectivity index (χ2v) is 6.76. The third kappa shape index (κ3) is 4.01. The highest BCUT2D eigenvalue weighted by Crippen LogP contribution is 2.22. The van der Waals surface area contributed by atoms with E-state index < -0.39 is 15.6 Å². The zero-order valence-electron chi connectivity index (χ0n) is 10.1. The fraction of sp³-hybridized carbons (Fsp3) is 1.00. The Hall–Kier alpha value is -0.170. The van der Waals surface area contributed by atoms with Gasteiger partial charge in [0.25, 0.3) is 0 Å². The first-order chi connectivity index (χ1) is 7.37. The zero-order valence-corrected chi connectivity index (χ0v) is 10.9. The Morgan fingerprint density at radius 2 is 2.06 bits per heavy atom. The van der Waals surface area contributed by atoms with Gasteiger partial charge in [-0.05, 0) is 33.2 Å². The van der Waals surface area contributed by atoms with Gasteiger partial charge in [0.2, 0.25) is 10.0 Å². The molecule has 96 valence electrons. The van der Waals surface area contributed by atoms with Crippen LogP contribution in [0.2, 0.25) is 0 Å². The fourth-order valence-electron chi connectivity index (χ4n) is 1.88. The predicted molar refractivity (Wildman–Crippen MR) is 63.8 cm³/mol. The van der Waals surface area contributed by atoms with Gasteiger partial charge in [-0.25, -0.2) is 12.7 Å². The van der Waals surface area contributed by atoms with E-state index in [1.165, 1.54) is 4.31 Å². The Kier molecular flexibility index (Phi) is 4.73. The summed E-state index contributed by atoms with van der Waals surface area (Å²) in [5, 5.41) is 12.7. The summed E-state index contributed by atoms with van der Waals surface area (Å²) >= 11 is 0. The molecule has 1 atom stereocenters. The normalized spacial score (nSPS) is 28.9. The summed E-state index contributed by atoms with van der Waals surface area (Å²) in [6.45, 7) is 3.20. The van der Waals surface area contributed by atoms with Gasteiger partial charge in [0.1, 0.15) is 0 Å². The van der Waals surface area contributed by atoms with Crippen molar-refractivity contribution in [1.29, 1.82) is 0 Å². The summed E-state index contributed by atoms with van der Waals surface area (Å²) in [5.74, 6) is 0.131.